The van der Waals surface area contributed by atoms with E-state index >= 15 is 0 Å². The molecule has 4 rings (SSSR count). The fourth-order valence-corrected chi connectivity index (χ4v) is 4.68. The second-order valence-electron chi connectivity index (χ2n) is 7.76. The molecule has 29 heavy (non-hydrogen) atoms. The number of carbonyl (C=O) groups excluding carboxylic acids is 2. The van der Waals surface area contributed by atoms with Crippen LogP contribution in [0, 0.1) is 0 Å². The topological polar surface area (TPSA) is 80.6 Å². The first-order chi connectivity index (χ1) is 13.8. The Balaban J connectivity index is 2.03. The predicted molar refractivity (Wildman–Crippen MR) is 113 cm³/mol. The number of rotatable bonds is 3. The number of hydrogen-bond donors (Lipinski definition) is 1. The molecule has 1 aromatic carbocycles. The van der Waals surface area contributed by atoms with Gasteiger partial charge in [0.05, 0.1) is 28.4 Å². The van der Waals surface area contributed by atoms with Crippen LogP contribution in [0.5, 0.6) is 0 Å². The fraction of sp³-hybridized carbons (Fsp3) is 0.476. The van der Waals surface area contributed by atoms with Crippen molar-refractivity contribution in [2.24, 2.45) is 0 Å². The molecule has 7 nitrogen and oxygen atoms in total. The number of pyridine rings is 1. The molecule has 2 aromatic rings. The van der Waals surface area contributed by atoms with Crippen LogP contribution >= 0.6 is 11.6 Å². The first-order valence-electron chi connectivity index (χ1n) is 9.93. The quantitative estimate of drug-likeness (QED) is 0.773. The van der Waals surface area contributed by atoms with Crippen LogP contribution in [-0.2, 0) is 4.74 Å². The normalized spacial score (nSPS) is 21.5. The predicted octanol–water partition coefficient (Wildman–Crippen LogP) is 2.78. The van der Waals surface area contributed by atoms with Gasteiger partial charge in [-0.2, -0.15) is 0 Å². The van der Waals surface area contributed by atoms with E-state index in [-0.39, 0.29) is 41.8 Å². The van der Waals surface area contributed by atoms with Gasteiger partial charge < -0.3 is 19.5 Å². The first-order valence-corrected chi connectivity index (χ1v) is 10.3. The number of carbonyl (C=O) groups is 2. The smallest absolute Gasteiger partial charge is 0.343 e. The third-order valence-corrected chi connectivity index (χ3v) is 5.94. The first kappa shape index (κ1) is 19.9. The molecule has 3 heterocycles. The molecule has 2 atom stereocenters. The number of Topliss-reactive ketones (excluding diaryl/α,β-unsaturated/α-hetero) is 1. The number of ketones is 1. The second-order valence-corrected chi connectivity index (χ2v) is 8.16. The number of piperazine rings is 1. The summed E-state index contributed by atoms with van der Waals surface area (Å²) in [6.07, 6.45) is 1.81. The number of anilines is 1. The maximum Gasteiger partial charge on any atom is 0.343 e. The Kier molecular flexibility index (Phi) is 5.12. The molecule has 1 N–H and O–H groups in total. The van der Waals surface area contributed by atoms with Crippen molar-refractivity contribution in [1.29, 1.82) is 0 Å². The fourth-order valence-electron chi connectivity index (χ4n) is 4.36. The summed E-state index contributed by atoms with van der Waals surface area (Å²) in [5, 5.41) is 4.02. The number of hydrogen-bond acceptors (Lipinski definition) is 6. The van der Waals surface area contributed by atoms with Crippen LogP contribution in [0.2, 0.25) is 5.02 Å². The van der Waals surface area contributed by atoms with Gasteiger partial charge in [-0.05, 0) is 26.8 Å². The molecule has 0 aliphatic carbocycles. The molecule has 0 radical (unpaired) electrons. The standard InChI is InChI=1S/C21H24ClN3O4/c1-4-29-21(28)14-10-25-12(3)7-16(26)17-18(25)13(20(14)27)8-15(22)19(17)24-6-5-23-11(2)9-24/h8,10-12,23H,4-7,9H2,1-3H3. The van der Waals surface area contributed by atoms with Gasteiger partial charge in [0.15, 0.2) is 5.78 Å². The van der Waals surface area contributed by atoms with E-state index in [4.69, 9.17) is 16.3 Å². The lowest BCUT2D eigenvalue weighted by Crippen LogP contribution is -2.50. The van der Waals surface area contributed by atoms with Crippen LogP contribution in [0.3, 0.4) is 0 Å². The highest BCUT2D eigenvalue weighted by Crippen LogP contribution is 2.41. The molecule has 2 aliphatic rings. The van der Waals surface area contributed by atoms with Gasteiger partial charge in [0.1, 0.15) is 5.56 Å². The summed E-state index contributed by atoms with van der Waals surface area (Å²) in [5.41, 5.74) is 1.22. The largest absolute Gasteiger partial charge is 0.462 e. The minimum absolute atomic E-state index is 0.0329. The van der Waals surface area contributed by atoms with Crippen molar-refractivity contribution in [1.82, 2.24) is 9.88 Å². The van der Waals surface area contributed by atoms with Crippen molar-refractivity contribution >= 4 is 39.9 Å². The van der Waals surface area contributed by atoms with Gasteiger partial charge in [-0.25, -0.2) is 4.79 Å². The maximum absolute atomic E-state index is 13.1. The molecule has 1 fully saturated rings. The van der Waals surface area contributed by atoms with E-state index in [0.29, 0.717) is 28.3 Å². The Bertz CT molecular complexity index is 1080. The van der Waals surface area contributed by atoms with E-state index in [1.54, 1.807) is 13.0 Å². The number of nitrogens with one attached hydrogen (secondary N) is 1. The van der Waals surface area contributed by atoms with Gasteiger partial charge in [0, 0.05) is 49.7 Å². The average molecular weight is 418 g/mol. The van der Waals surface area contributed by atoms with Crippen molar-refractivity contribution in [3.05, 3.63) is 38.6 Å². The van der Waals surface area contributed by atoms with Crippen molar-refractivity contribution in [2.45, 2.75) is 39.3 Å². The Morgan fingerprint density at radius 3 is 2.79 bits per heavy atom. The summed E-state index contributed by atoms with van der Waals surface area (Å²) in [6.45, 7) is 8.07. The van der Waals surface area contributed by atoms with Gasteiger partial charge >= 0.3 is 5.97 Å². The summed E-state index contributed by atoms with van der Waals surface area (Å²) in [7, 11) is 0. The van der Waals surface area contributed by atoms with Gasteiger partial charge in [-0.15, -0.1) is 0 Å². The molecule has 8 heteroatoms. The van der Waals surface area contributed by atoms with Gasteiger partial charge in [0.25, 0.3) is 0 Å². The molecule has 0 saturated carbocycles. The average Bonchev–Trinajstić information content (AvgIpc) is 2.66. The zero-order valence-electron chi connectivity index (χ0n) is 16.8. The van der Waals surface area contributed by atoms with E-state index in [1.807, 2.05) is 11.5 Å². The third-order valence-electron chi connectivity index (χ3n) is 5.66. The van der Waals surface area contributed by atoms with Crippen molar-refractivity contribution in [2.75, 3.05) is 31.1 Å². The van der Waals surface area contributed by atoms with Crippen LogP contribution in [0.15, 0.2) is 17.1 Å². The monoisotopic (exact) mass is 417 g/mol. The highest BCUT2D eigenvalue weighted by atomic mass is 35.5. The van der Waals surface area contributed by atoms with Crippen LogP contribution < -0.4 is 15.6 Å². The van der Waals surface area contributed by atoms with Crippen molar-refractivity contribution in [3.8, 4) is 0 Å². The molecule has 1 aromatic heterocycles. The lowest BCUT2D eigenvalue weighted by atomic mass is 9.92. The molecule has 1 saturated heterocycles. The molecule has 2 unspecified atom stereocenters. The lowest BCUT2D eigenvalue weighted by Gasteiger charge is -2.37. The Morgan fingerprint density at radius 2 is 2.10 bits per heavy atom. The van der Waals surface area contributed by atoms with E-state index in [1.165, 1.54) is 6.20 Å². The minimum atomic E-state index is -0.662. The zero-order valence-corrected chi connectivity index (χ0v) is 17.5. The van der Waals surface area contributed by atoms with E-state index in [2.05, 4.69) is 17.1 Å². The van der Waals surface area contributed by atoms with E-state index in [0.717, 1.165) is 13.1 Å². The van der Waals surface area contributed by atoms with Gasteiger partial charge in [-0.3, -0.25) is 9.59 Å². The summed E-state index contributed by atoms with van der Waals surface area (Å²) in [4.78, 5) is 40.6. The maximum atomic E-state index is 13.1. The highest BCUT2D eigenvalue weighted by molar-refractivity contribution is 6.36. The summed E-state index contributed by atoms with van der Waals surface area (Å²) >= 11 is 6.63. The van der Waals surface area contributed by atoms with Crippen molar-refractivity contribution in [3.63, 3.8) is 0 Å². The number of ether oxygens (including phenoxy) is 1. The van der Waals surface area contributed by atoms with Crippen molar-refractivity contribution < 1.29 is 14.3 Å². The van der Waals surface area contributed by atoms with Gasteiger partial charge in [0.2, 0.25) is 5.43 Å². The number of halogens is 1. The number of nitrogens with zero attached hydrogens (tertiary/aromatic N) is 2. The summed E-state index contributed by atoms with van der Waals surface area (Å²) < 4.78 is 6.91. The molecule has 2 aliphatic heterocycles. The van der Waals surface area contributed by atoms with E-state index < -0.39 is 11.4 Å². The molecular formula is C21H24ClN3O4. The molecule has 154 valence electrons. The van der Waals surface area contributed by atoms with Crippen LogP contribution in [0.25, 0.3) is 10.9 Å². The Hall–Kier alpha value is -2.38. The molecule has 0 spiro atoms. The third kappa shape index (κ3) is 3.22. The molecular weight excluding hydrogens is 394 g/mol. The number of esters is 1. The van der Waals surface area contributed by atoms with Crippen LogP contribution in [0.1, 0.15) is 53.9 Å². The molecule has 0 amide bonds. The number of benzene rings is 1. The van der Waals surface area contributed by atoms with Crippen LogP contribution in [-0.4, -0.2) is 48.6 Å². The Morgan fingerprint density at radius 1 is 1.34 bits per heavy atom. The number of aromatic nitrogens is 1. The second kappa shape index (κ2) is 7.46. The minimum Gasteiger partial charge on any atom is -0.462 e. The van der Waals surface area contributed by atoms with Crippen LogP contribution in [0.4, 0.5) is 5.69 Å². The summed E-state index contributed by atoms with van der Waals surface area (Å²) in [5.74, 6) is -0.695. The summed E-state index contributed by atoms with van der Waals surface area (Å²) in [6, 6.07) is 1.67. The highest BCUT2D eigenvalue weighted by Gasteiger charge is 2.33. The van der Waals surface area contributed by atoms with E-state index in [9.17, 15) is 14.4 Å². The Labute approximate surface area is 173 Å². The van der Waals surface area contributed by atoms with Gasteiger partial charge in [-0.1, -0.05) is 11.6 Å². The lowest BCUT2D eigenvalue weighted by molar-refractivity contribution is 0.0524. The zero-order chi connectivity index (χ0) is 20.9. The SMILES string of the molecule is CCOC(=O)c1cn2c3c(c(N4CCNC(C)C4)c(Cl)cc3c1=O)C(=O)CC2C. The molecule has 0 bridgehead atoms.